The van der Waals surface area contributed by atoms with Crippen molar-refractivity contribution in [1.29, 1.82) is 0 Å². The van der Waals surface area contributed by atoms with E-state index >= 15 is 0 Å². The normalized spacial score (nSPS) is 13.3. The lowest BCUT2D eigenvalue weighted by molar-refractivity contribution is -0.142. The molecule has 0 bridgehead atoms. The van der Waals surface area contributed by atoms with Crippen LogP contribution in [0, 0.1) is 0 Å². The number of aliphatic hydroxyl groups is 1. The fourth-order valence-electron chi connectivity index (χ4n) is 2.86. The van der Waals surface area contributed by atoms with Gasteiger partial charge in [0.1, 0.15) is 5.75 Å². The van der Waals surface area contributed by atoms with Crippen molar-refractivity contribution < 1.29 is 19.4 Å². The average molecular weight is 392 g/mol. The molecule has 2 atom stereocenters. The first-order valence-corrected chi connectivity index (χ1v) is 9.18. The Bertz CT molecular complexity index is 735. The third kappa shape index (κ3) is 6.86. The second-order valence-electron chi connectivity index (χ2n) is 6.63. The molecule has 0 aliphatic heterocycles. The van der Waals surface area contributed by atoms with Crippen molar-refractivity contribution in [3.05, 3.63) is 64.7 Å². The fourth-order valence-corrected chi connectivity index (χ4v) is 3.05. The van der Waals surface area contributed by atoms with Gasteiger partial charge in [0.05, 0.1) is 13.2 Å². The third-order valence-corrected chi connectivity index (χ3v) is 4.57. The van der Waals surface area contributed by atoms with E-state index in [0.717, 1.165) is 17.7 Å². The summed E-state index contributed by atoms with van der Waals surface area (Å²) in [6, 6.07) is 15.0. The van der Waals surface area contributed by atoms with Crippen LogP contribution in [0.1, 0.15) is 30.1 Å². The first-order valence-electron chi connectivity index (χ1n) is 8.80. The van der Waals surface area contributed by atoms with Gasteiger partial charge in [-0.25, -0.2) is 4.79 Å². The van der Waals surface area contributed by atoms with Crippen LogP contribution in [-0.4, -0.2) is 49.8 Å². The number of esters is 1. The summed E-state index contributed by atoms with van der Waals surface area (Å²) in [6.07, 6.45) is -0.588. The van der Waals surface area contributed by atoms with Gasteiger partial charge in [0.2, 0.25) is 0 Å². The van der Waals surface area contributed by atoms with E-state index in [1.54, 1.807) is 12.1 Å². The number of ether oxygens (including phenoxy) is 2. The van der Waals surface area contributed by atoms with Gasteiger partial charge in [0.25, 0.3) is 0 Å². The van der Waals surface area contributed by atoms with Gasteiger partial charge in [-0.05, 0) is 48.4 Å². The van der Waals surface area contributed by atoms with Gasteiger partial charge < -0.3 is 19.5 Å². The van der Waals surface area contributed by atoms with Gasteiger partial charge in [0, 0.05) is 18.1 Å². The highest BCUT2D eigenvalue weighted by Crippen LogP contribution is 2.22. The van der Waals surface area contributed by atoms with Crippen molar-refractivity contribution >= 4 is 17.6 Å². The zero-order valence-electron chi connectivity index (χ0n) is 15.9. The molecule has 2 unspecified atom stereocenters. The molecule has 6 heteroatoms. The minimum absolute atomic E-state index is 0.102. The molecule has 1 N–H and O–H groups in total. The average Bonchev–Trinajstić information content (AvgIpc) is 2.66. The lowest BCUT2D eigenvalue weighted by Crippen LogP contribution is -2.28. The Morgan fingerprint density at radius 2 is 1.85 bits per heavy atom. The van der Waals surface area contributed by atoms with E-state index in [-0.39, 0.29) is 12.5 Å². The van der Waals surface area contributed by atoms with Crippen molar-refractivity contribution in [1.82, 2.24) is 4.90 Å². The number of aliphatic hydroxyl groups excluding tert-OH is 1. The summed E-state index contributed by atoms with van der Waals surface area (Å²) >= 11 is 5.99. The predicted molar refractivity (Wildman–Crippen MR) is 106 cm³/mol. The molecule has 0 heterocycles. The monoisotopic (exact) mass is 391 g/mol. The summed E-state index contributed by atoms with van der Waals surface area (Å²) in [6.45, 7) is 3.34. The lowest BCUT2D eigenvalue weighted by atomic mass is 10.00. The Kier molecular flexibility index (Phi) is 8.10. The van der Waals surface area contributed by atoms with E-state index in [9.17, 15) is 9.90 Å². The largest absolute Gasteiger partial charge is 0.482 e. The van der Waals surface area contributed by atoms with Crippen LogP contribution in [0.15, 0.2) is 48.5 Å². The van der Waals surface area contributed by atoms with Crippen molar-refractivity contribution in [2.75, 3.05) is 33.9 Å². The molecule has 2 rings (SSSR count). The second-order valence-corrected chi connectivity index (χ2v) is 7.06. The van der Waals surface area contributed by atoms with Crippen LogP contribution < -0.4 is 4.74 Å². The maximum Gasteiger partial charge on any atom is 0.343 e. The number of carbonyl (C=O) groups excluding carboxylic acids is 1. The quantitative estimate of drug-likeness (QED) is 0.661. The number of halogens is 1. The highest BCUT2D eigenvalue weighted by Gasteiger charge is 2.14. The molecular weight excluding hydrogens is 366 g/mol. The molecule has 0 aromatic heterocycles. The summed E-state index contributed by atoms with van der Waals surface area (Å²) < 4.78 is 9.91. The Morgan fingerprint density at radius 3 is 2.48 bits per heavy atom. The predicted octanol–water partition coefficient (Wildman–Crippen LogP) is 3.66. The van der Waals surface area contributed by atoms with Crippen molar-refractivity contribution in [3.63, 3.8) is 0 Å². The number of carbonyl (C=O) groups is 1. The highest BCUT2D eigenvalue weighted by atomic mass is 35.5. The van der Waals surface area contributed by atoms with E-state index in [1.807, 2.05) is 43.4 Å². The molecule has 0 saturated heterocycles. The third-order valence-electron chi connectivity index (χ3n) is 4.34. The second kappa shape index (κ2) is 10.3. The van der Waals surface area contributed by atoms with Crippen molar-refractivity contribution in [2.45, 2.75) is 18.9 Å². The zero-order valence-corrected chi connectivity index (χ0v) is 16.6. The number of nitrogens with zero attached hydrogens (tertiary/aromatic N) is 1. The molecule has 2 aromatic rings. The lowest BCUT2D eigenvalue weighted by Gasteiger charge is -2.24. The Morgan fingerprint density at radius 1 is 1.15 bits per heavy atom. The fraction of sp³-hybridized carbons (Fsp3) is 0.381. The number of benzene rings is 2. The number of hydrogen-bond acceptors (Lipinski definition) is 5. The van der Waals surface area contributed by atoms with Gasteiger partial charge in [-0.15, -0.1) is 0 Å². The minimum Gasteiger partial charge on any atom is -0.482 e. The van der Waals surface area contributed by atoms with Gasteiger partial charge >= 0.3 is 5.97 Å². The Labute approximate surface area is 165 Å². The maximum absolute atomic E-state index is 11.1. The van der Waals surface area contributed by atoms with Crippen LogP contribution >= 0.6 is 11.6 Å². The molecule has 0 spiro atoms. The summed E-state index contributed by atoms with van der Waals surface area (Å²) in [5.74, 6) is 0.490. The molecule has 27 heavy (non-hydrogen) atoms. The van der Waals surface area contributed by atoms with E-state index in [0.29, 0.717) is 17.3 Å². The number of methoxy groups -OCH3 is 1. The molecule has 0 amide bonds. The summed E-state index contributed by atoms with van der Waals surface area (Å²) in [5, 5.41) is 11.0. The van der Waals surface area contributed by atoms with E-state index in [1.165, 1.54) is 7.11 Å². The smallest absolute Gasteiger partial charge is 0.343 e. The number of likely N-dealkylation sites (N-methyl/N-ethyl adjacent to an activating group) is 1. The number of hydrogen-bond donors (Lipinski definition) is 1. The number of rotatable bonds is 9. The van der Waals surface area contributed by atoms with Crippen LogP contribution in [0.4, 0.5) is 0 Å². The van der Waals surface area contributed by atoms with Crippen molar-refractivity contribution in [3.8, 4) is 5.75 Å². The zero-order chi connectivity index (χ0) is 19.8. The molecule has 5 nitrogen and oxygen atoms in total. The van der Waals surface area contributed by atoms with Gasteiger partial charge in [-0.2, -0.15) is 0 Å². The van der Waals surface area contributed by atoms with Crippen LogP contribution in [0.5, 0.6) is 5.75 Å². The molecule has 146 valence electrons. The van der Waals surface area contributed by atoms with Crippen LogP contribution in [-0.2, 0) is 9.53 Å². The molecule has 0 aliphatic rings. The highest BCUT2D eigenvalue weighted by molar-refractivity contribution is 6.30. The van der Waals surface area contributed by atoms with Gasteiger partial charge in [0.15, 0.2) is 6.61 Å². The molecule has 0 fully saturated rings. The van der Waals surface area contributed by atoms with Crippen LogP contribution in [0.3, 0.4) is 0 Å². The Balaban J connectivity index is 1.86. The SMILES string of the molecule is COC(=O)COc1ccc(C(C)CN(C)CC(O)c2cccc(Cl)c2)cc1. The maximum atomic E-state index is 11.1. The summed E-state index contributed by atoms with van der Waals surface area (Å²) in [5.41, 5.74) is 1.97. The molecule has 0 aliphatic carbocycles. The Hall–Kier alpha value is -2.08. The molecular formula is C21H26ClNO4. The van der Waals surface area contributed by atoms with Crippen LogP contribution in [0.25, 0.3) is 0 Å². The molecule has 0 saturated carbocycles. The molecule has 0 radical (unpaired) electrons. The first-order chi connectivity index (χ1) is 12.9. The van der Waals surface area contributed by atoms with Gasteiger partial charge in [-0.3, -0.25) is 0 Å². The van der Waals surface area contributed by atoms with E-state index in [4.69, 9.17) is 16.3 Å². The standard InChI is InChI=1S/C21H26ClNO4/c1-15(16-7-9-19(10-8-16)27-14-21(25)26-3)12-23(2)13-20(24)17-5-4-6-18(22)11-17/h4-11,15,20,24H,12-14H2,1-3H3. The summed E-state index contributed by atoms with van der Waals surface area (Å²) in [4.78, 5) is 13.2. The van der Waals surface area contributed by atoms with Crippen LogP contribution in [0.2, 0.25) is 5.02 Å². The van der Waals surface area contributed by atoms with E-state index < -0.39 is 12.1 Å². The molecule has 2 aromatic carbocycles. The topological polar surface area (TPSA) is 59.0 Å². The van der Waals surface area contributed by atoms with Gasteiger partial charge in [-0.1, -0.05) is 42.8 Å². The first kappa shape index (κ1) is 21.2. The van der Waals surface area contributed by atoms with Crippen molar-refractivity contribution in [2.24, 2.45) is 0 Å². The minimum atomic E-state index is -0.588. The van der Waals surface area contributed by atoms with E-state index in [2.05, 4.69) is 16.6 Å². The summed E-state index contributed by atoms with van der Waals surface area (Å²) in [7, 11) is 3.31.